The zero-order valence-corrected chi connectivity index (χ0v) is 49.3. The minimum absolute atomic E-state index is 0.00555. The van der Waals surface area contributed by atoms with Gasteiger partial charge in [-0.15, -0.1) is 0 Å². The van der Waals surface area contributed by atoms with Gasteiger partial charge >= 0.3 is 11.9 Å². The lowest BCUT2D eigenvalue weighted by Gasteiger charge is -2.36. The molecule has 0 aliphatic rings. The van der Waals surface area contributed by atoms with Gasteiger partial charge in [-0.25, -0.2) is 0 Å². The molecule has 7 nitrogen and oxygen atoms in total. The van der Waals surface area contributed by atoms with E-state index in [2.05, 4.69) is 58.5 Å². The van der Waals surface area contributed by atoms with E-state index in [-0.39, 0.29) is 18.2 Å². The Morgan fingerprint density at radius 2 is 0.648 bits per heavy atom. The second-order valence-corrected chi connectivity index (χ2v) is 23.0. The monoisotopic (exact) mass is 1000 g/mol. The first-order chi connectivity index (χ1) is 34.7. The highest BCUT2D eigenvalue weighted by Crippen LogP contribution is 2.25. The average molecular weight is 1010 g/mol. The number of esters is 2. The van der Waals surface area contributed by atoms with E-state index in [4.69, 9.17) is 9.47 Å². The van der Waals surface area contributed by atoms with E-state index >= 15 is 0 Å². The Kier molecular flexibility index (Phi) is 54.1. The van der Waals surface area contributed by atoms with Crippen LogP contribution in [0.5, 0.6) is 0 Å². The number of hydrogen-bond acceptors (Lipinski definition) is 7. The molecule has 0 aromatic heterocycles. The largest absolute Gasteiger partial charge is 0.465 e. The predicted octanol–water partition coefficient (Wildman–Crippen LogP) is 19.3. The van der Waals surface area contributed by atoms with E-state index in [0.29, 0.717) is 43.9 Å². The number of aliphatic hydroxyl groups is 1. The second kappa shape index (κ2) is 55.1. The van der Waals surface area contributed by atoms with E-state index in [9.17, 15) is 14.7 Å². The van der Waals surface area contributed by atoms with E-state index < -0.39 is 0 Å². The normalized spacial score (nSPS) is 13.5. The molecule has 0 radical (unpaired) electrons. The number of carbonyl (C=O) groups excluding carboxylic acids is 2. The number of hydrogen-bond donors (Lipinski definition) is 1. The zero-order valence-electron chi connectivity index (χ0n) is 49.3. The summed E-state index contributed by atoms with van der Waals surface area (Å²) in [5, 5.41) is 11.9. The molecule has 0 amide bonds. The molecular formula is C64H128N2O5. The molecule has 3 unspecified atom stereocenters. The first-order valence-corrected chi connectivity index (χ1v) is 32.1. The van der Waals surface area contributed by atoms with Crippen molar-refractivity contribution in [1.82, 2.24) is 9.80 Å². The molecular weight excluding hydrogens is 877 g/mol. The van der Waals surface area contributed by atoms with Gasteiger partial charge in [-0.3, -0.25) is 14.5 Å². The molecule has 0 aromatic carbocycles. The van der Waals surface area contributed by atoms with Crippen LogP contribution in [-0.4, -0.2) is 79.5 Å². The summed E-state index contributed by atoms with van der Waals surface area (Å²) in [6.45, 7) is 14.7. The van der Waals surface area contributed by atoms with E-state index in [1.165, 1.54) is 231 Å². The Balaban J connectivity index is 5.18. The van der Waals surface area contributed by atoms with Crippen molar-refractivity contribution >= 4 is 11.9 Å². The Labute approximate surface area is 445 Å². The van der Waals surface area contributed by atoms with Crippen molar-refractivity contribution in [2.45, 2.75) is 349 Å². The summed E-state index contributed by atoms with van der Waals surface area (Å²) in [4.78, 5) is 30.2. The van der Waals surface area contributed by atoms with Gasteiger partial charge in [0.15, 0.2) is 0 Å². The molecule has 0 fully saturated rings. The average Bonchev–Trinajstić information content (AvgIpc) is 3.36. The highest BCUT2D eigenvalue weighted by Gasteiger charge is 2.24. The number of nitrogens with zero attached hydrogens (tertiary/aromatic N) is 2. The third-order valence-corrected chi connectivity index (χ3v) is 15.6. The summed E-state index contributed by atoms with van der Waals surface area (Å²) in [6, 6.07) is 0.427. The maximum atomic E-state index is 12.7. The van der Waals surface area contributed by atoms with E-state index in [1.54, 1.807) is 0 Å². The lowest BCUT2D eigenvalue weighted by molar-refractivity contribution is -0.146. The first kappa shape index (κ1) is 69.8. The fourth-order valence-electron chi connectivity index (χ4n) is 10.7. The van der Waals surface area contributed by atoms with Crippen LogP contribution in [0, 0.1) is 11.8 Å². The molecule has 0 bridgehead atoms. The predicted molar refractivity (Wildman–Crippen MR) is 309 cm³/mol. The number of aliphatic hydroxyl groups excluding tert-OH is 1. The van der Waals surface area contributed by atoms with Crippen LogP contribution in [0.4, 0.5) is 0 Å². The van der Waals surface area contributed by atoms with Crippen LogP contribution in [0.15, 0.2) is 0 Å². The van der Waals surface area contributed by atoms with Gasteiger partial charge in [0.2, 0.25) is 0 Å². The molecule has 71 heavy (non-hydrogen) atoms. The van der Waals surface area contributed by atoms with Crippen LogP contribution in [0.1, 0.15) is 336 Å². The minimum Gasteiger partial charge on any atom is -0.465 e. The lowest BCUT2D eigenvalue weighted by Crippen LogP contribution is -2.44. The number of ether oxygens (including phenoxy) is 2. The highest BCUT2D eigenvalue weighted by atomic mass is 16.5. The maximum Gasteiger partial charge on any atom is 0.305 e. The summed E-state index contributed by atoms with van der Waals surface area (Å²) >= 11 is 0. The van der Waals surface area contributed by atoms with Crippen molar-refractivity contribution in [3.63, 3.8) is 0 Å². The fraction of sp³-hybridized carbons (Fsp3) is 0.969. The molecule has 0 saturated heterocycles. The van der Waals surface area contributed by atoms with Gasteiger partial charge in [-0.2, -0.15) is 0 Å². The SMILES string of the molecule is CCCCCCCCCCCCCCN(C(O)CCCCN(C)C)C(CCCCCCCCC(=O)OCC(CCCC)CCCCCC)CCCCCCCCC(=O)OCC(CCCC)CCCCCC. The quantitative estimate of drug-likeness (QED) is 0.0369. The van der Waals surface area contributed by atoms with Crippen LogP contribution in [-0.2, 0) is 19.1 Å². The molecule has 0 spiro atoms. The van der Waals surface area contributed by atoms with E-state index in [1.807, 2.05) is 0 Å². The summed E-state index contributed by atoms with van der Waals surface area (Å²) < 4.78 is 11.6. The Morgan fingerprint density at radius 1 is 0.352 bits per heavy atom. The molecule has 1 N–H and O–H groups in total. The zero-order chi connectivity index (χ0) is 52.1. The number of unbranched alkanes of at least 4 members (excludes halogenated alkanes) is 30. The molecule has 0 aromatic rings. The minimum atomic E-state index is -0.361. The number of carbonyl (C=O) groups is 2. The van der Waals surface area contributed by atoms with Gasteiger partial charge in [0.25, 0.3) is 0 Å². The van der Waals surface area contributed by atoms with Crippen LogP contribution in [0.2, 0.25) is 0 Å². The summed E-state index contributed by atoms with van der Waals surface area (Å²) in [5.41, 5.74) is 0. The Bertz CT molecular complexity index is 1030. The van der Waals surface area contributed by atoms with Gasteiger partial charge in [0.05, 0.1) is 13.2 Å². The molecule has 0 saturated carbocycles. The summed E-state index contributed by atoms with van der Waals surface area (Å²) in [6.07, 6.45) is 56.0. The molecule has 424 valence electrons. The lowest BCUT2D eigenvalue weighted by atomic mass is 9.96. The summed E-state index contributed by atoms with van der Waals surface area (Å²) in [5.74, 6) is 1.07. The Hall–Kier alpha value is -1.18. The fourth-order valence-corrected chi connectivity index (χ4v) is 10.7. The van der Waals surface area contributed by atoms with Crippen molar-refractivity contribution in [2.75, 3.05) is 40.4 Å². The highest BCUT2D eigenvalue weighted by molar-refractivity contribution is 5.69. The van der Waals surface area contributed by atoms with Gasteiger partial charge in [-0.05, 0) is 110 Å². The molecule has 0 rings (SSSR count). The van der Waals surface area contributed by atoms with Gasteiger partial charge in [-0.1, -0.05) is 247 Å². The first-order valence-electron chi connectivity index (χ1n) is 32.1. The van der Waals surface area contributed by atoms with Crippen molar-refractivity contribution in [3.8, 4) is 0 Å². The van der Waals surface area contributed by atoms with Crippen LogP contribution in [0.3, 0.4) is 0 Å². The van der Waals surface area contributed by atoms with E-state index in [0.717, 1.165) is 70.9 Å². The van der Waals surface area contributed by atoms with Crippen LogP contribution in [0.25, 0.3) is 0 Å². The standard InChI is InChI=1S/C64H128N2O5/c1-8-13-18-21-22-23-24-25-26-31-36-44-56-66(62(67)52-43-45-55-65(6)7)61(50-39-32-27-29-34-41-53-63(68)70-57-59(46-16-11-4)48-37-19-14-9-2)51-40-33-28-30-35-42-54-64(69)71-58-60(47-17-12-5)49-38-20-15-10-3/h59-62,67H,8-58H2,1-7H3. The maximum absolute atomic E-state index is 12.7. The Morgan fingerprint density at radius 3 is 1.04 bits per heavy atom. The van der Waals surface area contributed by atoms with Gasteiger partial charge in [0, 0.05) is 25.4 Å². The van der Waals surface area contributed by atoms with Crippen molar-refractivity contribution in [2.24, 2.45) is 11.8 Å². The van der Waals surface area contributed by atoms with Crippen molar-refractivity contribution in [1.29, 1.82) is 0 Å². The van der Waals surface area contributed by atoms with Gasteiger partial charge in [0.1, 0.15) is 6.23 Å². The second-order valence-electron chi connectivity index (χ2n) is 23.0. The van der Waals surface area contributed by atoms with Gasteiger partial charge < -0.3 is 19.5 Å². The smallest absolute Gasteiger partial charge is 0.305 e. The molecule has 0 aliphatic heterocycles. The van der Waals surface area contributed by atoms with Crippen molar-refractivity contribution < 1.29 is 24.2 Å². The number of rotatable bonds is 58. The summed E-state index contributed by atoms with van der Waals surface area (Å²) in [7, 11) is 4.30. The third-order valence-electron chi connectivity index (χ3n) is 15.6. The molecule has 0 heterocycles. The molecule has 7 heteroatoms. The van der Waals surface area contributed by atoms with Crippen molar-refractivity contribution in [3.05, 3.63) is 0 Å². The third kappa shape index (κ3) is 48.2. The molecule has 3 atom stereocenters. The van der Waals surface area contributed by atoms with Crippen LogP contribution < -0.4 is 0 Å². The van der Waals surface area contributed by atoms with Crippen LogP contribution >= 0.6 is 0 Å². The molecule has 0 aliphatic carbocycles. The topological polar surface area (TPSA) is 79.3 Å².